The lowest BCUT2D eigenvalue weighted by molar-refractivity contribution is 0.0982. The number of ether oxygens (including phenoxy) is 1. The second kappa shape index (κ2) is 9.16. The number of nitrogens with one attached hydrogen (secondary N) is 1. The monoisotopic (exact) mass is 305 g/mol. The molecule has 0 aromatic heterocycles. The van der Waals surface area contributed by atoms with Crippen LogP contribution in [0.25, 0.3) is 0 Å². The second-order valence-corrected chi connectivity index (χ2v) is 4.56. The zero-order chi connectivity index (χ0) is 14.2. The van der Waals surface area contributed by atoms with E-state index in [1.807, 2.05) is 30.3 Å². The highest BCUT2D eigenvalue weighted by atomic mass is 35.5. The Morgan fingerprint density at radius 3 is 2.33 bits per heavy atom. The largest absolute Gasteiger partial charge is 0.497 e. The molecule has 0 saturated carbocycles. The van der Waals surface area contributed by atoms with Crippen LogP contribution in [0.2, 0.25) is 0 Å². The number of hydrogen-bond acceptors (Lipinski definition) is 3. The molecule has 3 nitrogen and oxygen atoms in total. The van der Waals surface area contributed by atoms with E-state index < -0.39 is 0 Å². The number of benzene rings is 2. The molecule has 0 fully saturated rings. The molecule has 4 heteroatoms. The Morgan fingerprint density at radius 2 is 1.71 bits per heavy atom. The lowest BCUT2D eigenvalue weighted by Gasteiger charge is -2.05. The first-order chi connectivity index (χ1) is 9.79. The SMILES string of the molecule is COc1ccc(C(=O)CCNCc2ccccc2)cc1.Cl. The van der Waals surface area contributed by atoms with Gasteiger partial charge in [-0.25, -0.2) is 0 Å². The molecule has 0 aliphatic rings. The highest BCUT2D eigenvalue weighted by molar-refractivity contribution is 5.96. The van der Waals surface area contributed by atoms with Crippen LogP contribution in [-0.2, 0) is 6.54 Å². The number of ketones is 1. The molecule has 0 amide bonds. The van der Waals surface area contributed by atoms with Gasteiger partial charge in [-0.2, -0.15) is 0 Å². The minimum Gasteiger partial charge on any atom is -0.497 e. The van der Waals surface area contributed by atoms with Crippen molar-refractivity contribution in [3.63, 3.8) is 0 Å². The summed E-state index contributed by atoms with van der Waals surface area (Å²) < 4.78 is 5.07. The molecule has 2 aromatic rings. The van der Waals surface area contributed by atoms with E-state index in [0.717, 1.165) is 17.9 Å². The molecule has 0 aliphatic heterocycles. The number of carbonyl (C=O) groups excluding carboxylic acids is 1. The van der Waals surface area contributed by atoms with Gasteiger partial charge in [0.1, 0.15) is 5.75 Å². The van der Waals surface area contributed by atoms with Gasteiger partial charge >= 0.3 is 0 Å². The third kappa shape index (κ3) is 5.58. The second-order valence-electron chi connectivity index (χ2n) is 4.56. The average Bonchev–Trinajstić information content (AvgIpc) is 2.52. The molecule has 2 aromatic carbocycles. The van der Waals surface area contributed by atoms with E-state index >= 15 is 0 Å². The predicted octanol–water partition coefficient (Wildman–Crippen LogP) is 3.48. The summed E-state index contributed by atoms with van der Waals surface area (Å²) in [5, 5.41) is 3.28. The number of carbonyl (C=O) groups is 1. The molecule has 0 atom stereocenters. The molecule has 0 unspecified atom stereocenters. The molecule has 1 N–H and O–H groups in total. The summed E-state index contributed by atoms with van der Waals surface area (Å²) in [6, 6.07) is 17.4. The Morgan fingerprint density at radius 1 is 1.05 bits per heavy atom. The fourth-order valence-electron chi connectivity index (χ4n) is 1.95. The molecule has 0 heterocycles. The summed E-state index contributed by atoms with van der Waals surface area (Å²) in [4.78, 5) is 12.0. The van der Waals surface area contributed by atoms with Gasteiger partial charge in [-0.15, -0.1) is 12.4 Å². The smallest absolute Gasteiger partial charge is 0.164 e. The van der Waals surface area contributed by atoms with Crippen LogP contribution >= 0.6 is 12.4 Å². The predicted molar refractivity (Wildman–Crippen MR) is 87.3 cm³/mol. The average molecular weight is 306 g/mol. The van der Waals surface area contributed by atoms with Crippen molar-refractivity contribution in [2.24, 2.45) is 0 Å². The maximum Gasteiger partial charge on any atom is 0.164 e. The van der Waals surface area contributed by atoms with Crippen molar-refractivity contribution in [1.82, 2.24) is 5.32 Å². The molecule has 21 heavy (non-hydrogen) atoms. The molecule has 0 radical (unpaired) electrons. The molecular weight excluding hydrogens is 286 g/mol. The Balaban J connectivity index is 0.00000220. The van der Waals surface area contributed by atoms with Gasteiger partial charge in [-0.05, 0) is 29.8 Å². The van der Waals surface area contributed by atoms with E-state index in [1.54, 1.807) is 19.2 Å². The van der Waals surface area contributed by atoms with Gasteiger partial charge in [0.05, 0.1) is 7.11 Å². The van der Waals surface area contributed by atoms with Crippen LogP contribution in [0.15, 0.2) is 54.6 Å². The number of Topliss-reactive ketones (excluding diaryl/α,β-unsaturated/α-hetero) is 1. The van der Waals surface area contributed by atoms with Gasteiger partial charge in [0.15, 0.2) is 5.78 Å². The summed E-state index contributed by atoms with van der Waals surface area (Å²) in [6.07, 6.45) is 0.499. The maximum absolute atomic E-state index is 12.0. The quantitative estimate of drug-likeness (QED) is 0.629. The van der Waals surface area contributed by atoms with E-state index in [4.69, 9.17) is 4.74 Å². The van der Waals surface area contributed by atoms with E-state index in [1.165, 1.54) is 5.56 Å². The van der Waals surface area contributed by atoms with Gasteiger partial charge in [0.25, 0.3) is 0 Å². The molecular formula is C17H20ClNO2. The van der Waals surface area contributed by atoms with Crippen LogP contribution in [0.4, 0.5) is 0 Å². The lowest BCUT2D eigenvalue weighted by Crippen LogP contribution is -2.17. The van der Waals surface area contributed by atoms with Crippen molar-refractivity contribution < 1.29 is 9.53 Å². The molecule has 2 rings (SSSR count). The summed E-state index contributed by atoms with van der Waals surface area (Å²) in [6.45, 7) is 1.47. The van der Waals surface area contributed by atoms with Crippen molar-refractivity contribution in [3.8, 4) is 5.75 Å². The lowest BCUT2D eigenvalue weighted by atomic mass is 10.1. The Kier molecular flexibility index (Phi) is 7.51. The minimum atomic E-state index is 0. The standard InChI is InChI=1S/C17H19NO2.ClH/c1-20-16-9-7-15(8-10-16)17(19)11-12-18-13-14-5-3-2-4-6-14;/h2-10,18H,11-13H2,1H3;1H. The molecule has 0 spiro atoms. The van der Waals surface area contributed by atoms with Crippen LogP contribution in [0.3, 0.4) is 0 Å². The van der Waals surface area contributed by atoms with Crippen molar-refractivity contribution in [2.45, 2.75) is 13.0 Å². The van der Waals surface area contributed by atoms with Crippen LogP contribution in [0, 0.1) is 0 Å². The number of methoxy groups -OCH3 is 1. The Hall–Kier alpha value is -1.84. The van der Waals surface area contributed by atoms with Gasteiger partial charge in [-0.3, -0.25) is 4.79 Å². The van der Waals surface area contributed by atoms with E-state index in [0.29, 0.717) is 13.0 Å². The topological polar surface area (TPSA) is 38.3 Å². The highest BCUT2D eigenvalue weighted by Crippen LogP contribution is 2.12. The highest BCUT2D eigenvalue weighted by Gasteiger charge is 2.05. The van der Waals surface area contributed by atoms with Gasteiger partial charge in [0, 0.05) is 25.1 Å². The zero-order valence-corrected chi connectivity index (χ0v) is 12.9. The third-order valence-electron chi connectivity index (χ3n) is 3.11. The van der Waals surface area contributed by atoms with Crippen LogP contribution < -0.4 is 10.1 Å². The fourth-order valence-corrected chi connectivity index (χ4v) is 1.95. The summed E-state index contributed by atoms with van der Waals surface area (Å²) in [7, 11) is 1.62. The van der Waals surface area contributed by atoms with Crippen molar-refractivity contribution >= 4 is 18.2 Å². The Labute approximate surface area is 131 Å². The normalized spacial score (nSPS) is 9.76. The van der Waals surface area contributed by atoms with Crippen molar-refractivity contribution in [2.75, 3.05) is 13.7 Å². The molecule has 0 aliphatic carbocycles. The van der Waals surface area contributed by atoms with E-state index in [-0.39, 0.29) is 18.2 Å². The number of hydrogen-bond donors (Lipinski definition) is 1. The summed E-state index contributed by atoms with van der Waals surface area (Å²) in [5.41, 5.74) is 1.96. The molecule has 0 saturated heterocycles. The van der Waals surface area contributed by atoms with E-state index in [9.17, 15) is 4.79 Å². The van der Waals surface area contributed by atoms with E-state index in [2.05, 4.69) is 17.4 Å². The third-order valence-corrected chi connectivity index (χ3v) is 3.11. The first-order valence-electron chi connectivity index (χ1n) is 6.71. The summed E-state index contributed by atoms with van der Waals surface area (Å²) >= 11 is 0. The zero-order valence-electron chi connectivity index (χ0n) is 12.0. The number of halogens is 1. The maximum atomic E-state index is 12.0. The van der Waals surface area contributed by atoms with Gasteiger partial charge in [0.2, 0.25) is 0 Å². The van der Waals surface area contributed by atoms with Crippen LogP contribution in [-0.4, -0.2) is 19.4 Å². The fraction of sp³-hybridized carbons (Fsp3) is 0.235. The summed E-state index contributed by atoms with van der Waals surface area (Å²) in [5.74, 6) is 0.914. The number of rotatable bonds is 7. The van der Waals surface area contributed by atoms with Crippen molar-refractivity contribution in [3.05, 3.63) is 65.7 Å². The minimum absolute atomic E-state index is 0. The van der Waals surface area contributed by atoms with Crippen LogP contribution in [0.1, 0.15) is 22.3 Å². The Bertz CT molecular complexity index is 540. The van der Waals surface area contributed by atoms with Crippen molar-refractivity contribution in [1.29, 1.82) is 0 Å². The molecule has 0 bridgehead atoms. The first kappa shape index (κ1) is 17.2. The van der Waals surface area contributed by atoms with Gasteiger partial charge in [-0.1, -0.05) is 30.3 Å². The first-order valence-corrected chi connectivity index (χ1v) is 6.71. The van der Waals surface area contributed by atoms with Gasteiger partial charge < -0.3 is 10.1 Å². The molecule has 112 valence electrons. The van der Waals surface area contributed by atoms with Crippen LogP contribution in [0.5, 0.6) is 5.75 Å².